The van der Waals surface area contributed by atoms with E-state index in [1.165, 1.54) is 0 Å². The Balaban J connectivity index is 2.14. The van der Waals surface area contributed by atoms with Gasteiger partial charge in [-0.05, 0) is 56.2 Å². The molecule has 0 amide bonds. The van der Waals surface area contributed by atoms with Crippen molar-refractivity contribution in [2.75, 3.05) is 0 Å². The number of benzene rings is 2. The molecule has 0 unspecified atom stereocenters. The van der Waals surface area contributed by atoms with Crippen molar-refractivity contribution in [1.29, 1.82) is 0 Å². The van der Waals surface area contributed by atoms with Crippen LogP contribution in [0.3, 0.4) is 0 Å². The van der Waals surface area contributed by atoms with E-state index in [9.17, 15) is 4.79 Å². The fourth-order valence-corrected chi connectivity index (χ4v) is 1.64. The molecule has 0 fully saturated rings. The number of rotatable bonds is 2. The number of esters is 1. The average molecular weight is 271 g/mol. The first-order chi connectivity index (χ1) is 9.36. The quantitative estimate of drug-likeness (QED) is 0.474. The molecule has 20 heavy (non-hydrogen) atoms. The topological polar surface area (TPSA) is 49.2 Å². The van der Waals surface area contributed by atoms with Gasteiger partial charge in [0, 0.05) is 12.1 Å². The van der Waals surface area contributed by atoms with E-state index in [-0.39, 0.29) is 5.97 Å². The molecule has 0 aliphatic carbocycles. The lowest BCUT2D eigenvalue weighted by Crippen LogP contribution is -2.25. The van der Waals surface area contributed by atoms with E-state index in [0.29, 0.717) is 11.5 Å². The summed E-state index contributed by atoms with van der Waals surface area (Å²) < 4.78 is 5.32. The summed E-state index contributed by atoms with van der Waals surface area (Å²) in [6.45, 7) is 5.48. The van der Waals surface area contributed by atoms with Crippen LogP contribution in [-0.4, -0.2) is 11.1 Å². The third-order valence-electron chi connectivity index (χ3n) is 2.90. The van der Waals surface area contributed by atoms with Crippen molar-refractivity contribution in [1.82, 2.24) is 0 Å². The lowest BCUT2D eigenvalue weighted by molar-refractivity contribution is -0.142. The summed E-state index contributed by atoms with van der Waals surface area (Å²) in [5, 5.41) is 7.47. The molecule has 104 valence electrons. The highest BCUT2D eigenvalue weighted by Gasteiger charge is 2.23. The molecule has 0 spiro atoms. The summed E-state index contributed by atoms with van der Waals surface area (Å²) in [4.78, 5) is 11.8. The van der Waals surface area contributed by atoms with Crippen molar-refractivity contribution in [2.45, 2.75) is 20.8 Å². The second kappa shape index (κ2) is 5.37. The molecule has 0 bridgehead atoms. The zero-order valence-electron chi connectivity index (χ0n) is 11.9. The lowest BCUT2D eigenvalue weighted by Gasteiger charge is -2.16. The number of carbonyl (C=O) groups excluding carboxylic acids is 1. The summed E-state index contributed by atoms with van der Waals surface area (Å²) in [5.41, 5.74) is 1.55. The van der Waals surface area contributed by atoms with Gasteiger partial charge in [-0.3, -0.25) is 4.79 Å². The Bertz CT molecular complexity index is 590. The van der Waals surface area contributed by atoms with Crippen molar-refractivity contribution < 1.29 is 14.6 Å². The van der Waals surface area contributed by atoms with Crippen LogP contribution in [0.1, 0.15) is 20.8 Å². The molecule has 0 saturated carbocycles. The molecule has 0 aliphatic heterocycles. The van der Waals surface area contributed by atoms with Crippen LogP contribution in [0.2, 0.25) is 0 Å². The summed E-state index contributed by atoms with van der Waals surface area (Å²) in [6.07, 6.45) is 0. The maximum atomic E-state index is 11.8. The Labute approximate surface area is 118 Å². The van der Waals surface area contributed by atoms with E-state index in [1.54, 1.807) is 24.3 Å². The SMILES string of the molecule is CC(C)(C)C(=O)Oc1ccc(-c2ccc([OH2+])cc2)cc1. The van der Waals surface area contributed by atoms with Gasteiger partial charge in [-0.2, -0.15) is 0 Å². The highest BCUT2D eigenvalue weighted by Crippen LogP contribution is 2.25. The van der Waals surface area contributed by atoms with Gasteiger partial charge in [0.05, 0.1) is 5.41 Å². The summed E-state index contributed by atoms with van der Waals surface area (Å²) in [6, 6.07) is 14.7. The van der Waals surface area contributed by atoms with Crippen LogP contribution in [0, 0.1) is 5.41 Å². The first-order valence-corrected chi connectivity index (χ1v) is 6.51. The van der Waals surface area contributed by atoms with E-state index < -0.39 is 5.41 Å². The summed E-state index contributed by atoms with van der Waals surface area (Å²) in [7, 11) is 0. The molecule has 2 aromatic rings. The summed E-state index contributed by atoms with van der Waals surface area (Å²) in [5.74, 6) is 0.791. The average Bonchev–Trinajstić information content (AvgIpc) is 2.39. The Kier molecular flexibility index (Phi) is 3.79. The first-order valence-electron chi connectivity index (χ1n) is 6.51. The Morgan fingerprint density at radius 1 is 0.900 bits per heavy atom. The van der Waals surface area contributed by atoms with Gasteiger partial charge in [-0.25, -0.2) is 0 Å². The maximum Gasteiger partial charge on any atom is 0.316 e. The fourth-order valence-electron chi connectivity index (χ4n) is 1.64. The standard InChI is InChI=1S/C17H18O3/c1-17(2,3)16(19)20-15-10-6-13(7-11-15)12-4-8-14(18)9-5-12/h4-11,18H,1-3H3/p+1. The van der Waals surface area contributed by atoms with Crippen LogP contribution < -0.4 is 4.74 Å². The summed E-state index contributed by atoms with van der Waals surface area (Å²) >= 11 is 0. The molecule has 0 aromatic heterocycles. The van der Waals surface area contributed by atoms with Crippen LogP contribution in [0.15, 0.2) is 48.5 Å². The van der Waals surface area contributed by atoms with Crippen LogP contribution in [0.5, 0.6) is 11.5 Å². The predicted octanol–water partition coefficient (Wildman–Crippen LogP) is 3.74. The lowest BCUT2D eigenvalue weighted by atomic mass is 9.97. The molecule has 2 N–H and O–H groups in total. The smallest absolute Gasteiger partial charge is 0.316 e. The van der Waals surface area contributed by atoms with Crippen molar-refractivity contribution in [2.24, 2.45) is 5.41 Å². The molecular weight excluding hydrogens is 252 g/mol. The Hall–Kier alpha value is -2.29. The minimum atomic E-state index is -0.511. The molecular formula is C17H19O3+. The molecule has 0 radical (unpaired) electrons. The molecule has 3 heteroatoms. The number of hydrogen-bond acceptors (Lipinski definition) is 2. The van der Waals surface area contributed by atoms with Crippen molar-refractivity contribution in [3.05, 3.63) is 48.5 Å². The zero-order chi connectivity index (χ0) is 14.8. The third-order valence-corrected chi connectivity index (χ3v) is 2.90. The van der Waals surface area contributed by atoms with Gasteiger partial charge in [-0.1, -0.05) is 12.1 Å². The number of hydrogen-bond donors (Lipinski definition) is 0. The minimum Gasteiger partial charge on any atom is -0.593 e. The number of ether oxygens (including phenoxy) is 1. The van der Waals surface area contributed by atoms with Gasteiger partial charge in [0.15, 0.2) is 0 Å². The highest BCUT2D eigenvalue weighted by molar-refractivity contribution is 5.78. The molecule has 2 rings (SSSR count). The Morgan fingerprint density at radius 2 is 1.35 bits per heavy atom. The molecule has 0 saturated heterocycles. The number of carbonyl (C=O) groups is 1. The van der Waals surface area contributed by atoms with E-state index in [4.69, 9.17) is 9.84 Å². The van der Waals surface area contributed by atoms with Gasteiger partial charge in [0.25, 0.3) is 5.75 Å². The van der Waals surface area contributed by atoms with E-state index in [2.05, 4.69) is 0 Å². The second-order valence-electron chi connectivity index (χ2n) is 5.74. The van der Waals surface area contributed by atoms with Crippen LogP contribution in [0.4, 0.5) is 0 Å². The van der Waals surface area contributed by atoms with E-state index >= 15 is 0 Å². The van der Waals surface area contributed by atoms with Crippen LogP contribution in [0.25, 0.3) is 11.1 Å². The van der Waals surface area contributed by atoms with E-state index in [1.807, 2.05) is 45.0 Å². The molecule has 2 aromatic carbocycles. The molecule has 0 atom stereocenters. The zero-order valence-corrected chi connectivity index (χ0v) is 11.9. The van der Waals surface area contributed by atoms with Crippen molar-refractivity contribution in [3.63, 3.8) is 0 Å². The monoisotopic (exact) mass is 271 g/mol. The molecule has 3 nitrogen and oxygen atoms in total. The van der Waals surface area contributed by atoms with Gasteiger partial charge in [0.2, 0.25) is 0 Å². The minimum absolute atomic E-state index is 0.246. The highest BCUT2D eigenvalue weighted by atomic mass is 16.5. The molecule has 0 heterocycles. The van der Waals surface area contributed by atoms with Crippen LogP contribution in [-0.2, 0) is 4.79 Å². The molecule has 0 aliphatic rings. The van der Waals surface area contributed by atoms with Crippen molar-refractivity contribution in [3.8, 4) is 22.6 Å². The fraction of sp³-hybridized carbons (Fsp3) is 0.235. The van der Waals surface area contributed by atoms with Gasteiger partial charge < -0.3 is 9.84 Å². The predicted molar refractivity (Wildman–Crippen MR) is 80.0 cm³/mol. The van der Waals surface area contributed by atoms with Crippen molar-refractivity contribution >= 4 is 5.97 Å². The largest absolute Gasteiger partial charge is 0.593 e. The maximum absolute atomic E-state index is 11.8. The first kappa shape index (κ1) is 14.1. The Morgan fingerprint density at radius 3 is 1.80 bits per heavy atom. The van der Waals surface area contributed by atoms with Crippen LogP contribution >= 0.6 is 0 Å². The van der Waals surface area contributed by atoms with Gasteiger partial charge >= 0.3 is 5.97 Å². The third kappa shape index (κ3) is 3.38. The van der Waals surface area contributed by atoms with E-state index in [0.717, 1.165) is 11.1 Å². The van der Waals surface area contributed by atoms with Gasteiger partial charge in [0.1, 0.15) is 5.75 Å². The van der Waals surface area contributed by atoms with Gasteiger partial charge in [-0.15, -0.1) is 0 Å². The normalized spacial score (nSPS) is 11.2. The second-order valence-corrected chi connectivity index (χ2v) is 5.74.